The summed E-state index contributed by atoms with van der Waals surface area (Å²) < 4.78 is 0. The zero-order valence-electron chi connectivity index (χ0n) is 28.8. The fourth-order valence-electron chi connectivity index (χ4n) is 11.0. The van der Waals surface area contributed by atoms with E-state index >= 15 is 0 Å². The summed E-state index contributed by atoms with van der Waals surface area (Å²) in [6.45, 7) is 8.11. The minimum Gasteiger partial charge on any atom is -0.238 e. The Morgan fingerprint density at radius 2 is 1.04 bits per heavy atom. The van der Waals surface area contributed by atoms with E-state index < -0.39 is 0 Å². The summed E-state index contributed by atoms with van der Waals surface area (Å²) in [6.07, 6.45) is 6.73. The standard InChI is InChI=1S/C48H36N4/c1-49-43-14-8-13-41-44(43)40-20-19-35(28-42(40)48(41)38-22-29-21-30(24-38)25-39(48)23-29)34-17-15-31-16-18-36(27-37(31)26-34)47-51-45(32-9-4-2-5-10-32)50-46(52-47)33-11-6-3-7-12-33/h2-20,26-30,38-39H,21-25H2. The maximum absolute atomic E-state index is 8.11. The van der Waals surface area contributed by atoms with Crippen LogP contribution in [-0.4, -0.2) is 15.0 Å². The number of rotatable bonds is 4. The molecule has 4 heteroatoms. The average Bonchev–Trinajstić information content (AvgIpc) is 3.50. The van der Waals surface area contributed by atoms with Gasteiger partial charge in [0.15, 0.2) is 23.2 Å². The molecule has 5 aliphatic carbocycles. The van der Waals surface area contributed by atoms with Gasteiger partial charge in [0, 0.05) is 22.1 Å². The van der Waals surface area contributed by atoms with E-state index in [2.05, 4.69) is 71.6 Å². The average molecular weight is 669 g/mol. The fourth-order valence-corrected chi connectivity index (χ4v) is 11.0. The van der Waals surface area contributed by atoms with Crippen molar-refractivity contribution in [1.29, 1.82) is 0 Å². The number of hydrogen-bond donors (Lipinski definition) is 0. The Kier molecular flexibility index (Phi) is 6.47. The normalized spacial score (nSPS) is 23.4. The van der Waals surface area contributed by atoms with E-state index in [0.29, 0.717) is 29.3 Å². The lowest BCUT2D eigenvalue weighted by Gasteiger charge is -2.61. The van der Waals surface area contributed by atoms with Crippen LogP contribution in [-0.2, 0) is 5.41 Å². The van der Waals surface area contributed by atoms with Crippen molar-refractivity contribution in [2.24, 2.45) is 23.7 Å². The summed E-state index contributed by atoms with van der Waals surface area (Å²) in [4.78, 5) is 19.0. The van der Waals surface area contributed by atoms with Gasteiger partial charge < -0.3 is 0 Å². The van der Waals surface area contributed by atoms with Gasteiger partial charge in [-0.3, -0.25) is 0 Å². The SMILES string of the molecule is [C-]#[N+]c1cccc2c1-c1ccc(-c3ccc4ccc(-c5nc(-c6ccccc6)nc(-c6ccccc6)n5)cc4c3)cc1C21C2CC3CC(C2)CC1C3. The van der Waals surface area contributed by atoms with E-state index in [9.17, 15) is 0 Å². The summed E-state index contributed by atoms with van der Waals surface area (Å²) >= 11 is 0. The highest BCUT2D eigenvalue weighted by Gasteiger charge is 2.61. The van der Waals surface area contributed by atoms with Gasteiger partial charge in [-0.1, -0.05) is 115 Å². The first-order chi connectivity index (χ1) is 25.7. The van der Waals surface area contributed by atoms with Crippen LogP contribution in [0.25, 0.3) is 72.0 Å². The van der Waals surface area contributed by atoms with E-state index in [1.807, 2.05) is 66.7 Å². The molecule has 0 amide bonds. The molecule has 0 unspecified atom stereocenters. The van der Waals surface area contributed by atoms with Gasteiger partial charge >= 0.3 is 0 Å². The number of fused-ring (bicyclic) bond motifs is 4. The zero-order valence-corrected chi connectivity index (χ0v) is 28.8. The summed E-state index contributed by atoms with van der Waals surface area (Å²) in [5, 5.41) is 2.34. The molecule has 1 aromatic heterocycles. The summed E-state index contributed by atoms with van der Waals surface area (Å²) in [6, 6.07) is 47.3. The first-order valence-electron chi connectivity index (χ1n) is 18.7. The first kappa shape index (κ1) is 29.8. The molecule has 0 N–H and O–H groups in total. The third-order valence-corrected chi connectivity index (χ3v) is 12.9. The molecule has 5 aliphatic rings. The Hall–Kier alpha value is -5.92. The molecule has 12 rings (SSSR count). The quantitative estimate of drug-likeness (QED) is 0.175. The van der Waals surface area contributed by atoms with Gasteiger partial charge in [-0.15, -0.1) is 0 Å². The first-order valence-corrected chi connectivity index (χ1v) is 18.7. The van der Waals surface area contributed by atoms with E-state index in [1.165, 1.54) is 70.9 Å². The second-order valence-corrected chi connectivity index (χ2v) is 15.6. The number of benzene rings is 6. The van der Waals surface area contributed by atoms with Crippen LogP contribution >= 0.6 is 0 Å². The topological polar surface area (TPSA) is 43.0 Å². The molecule has 6 aromatic carbocycles. The smallest absolute Gasteiger partial charge is 0.195 e. The minimum atomic E-state index is 0.0183. The molecular formula is C48H36N4. The summed E-state index contributed by atoms with van der Waals surface area (Å²) in [5.41, 5.74) is 11.6. The van der Waals surface area contributed by atoms with Gasteiger partial charge in [-0.05, 0) is 118 Å². The highest BCUT2D eigenvalue weighted by Crippen LogP contribution is 2.70. The van der Waals surface area contributed by atoms with Crippen LogP contribution < -0.4 is 0 Å². The van der Waals surface area contributed by atoms with E-state index in [1.54, 1.807) is 0 Å². The molecular weight excluding hydrogens is 633 g/mol. The van der Waals surface area contributed by atoms with Crippen LogP contribution in [0.1, 0.15) is 43.2 Å². The molecule has 0 aliphatic heterocycles. The molecule has 0 radical (unpaired) electrons. The largest absolute Gasteiger partial charge is 0.238 e. The Balaban J connectivity index is 1.04. The van der Waals surface area contributed by atoms with Crippen molar-refractivity contribution in [1.82, 2.24) is 15.0 Å². The summed E-state index contributed by atoms with van der Waals surface area (Å²) in [5.74, 6) is 5.05. The lowest BCUT2D eigenvalue weighted by molar-refractivity contribution is -0.0399. The lowest BCUT2D eigenvalue weighted by Crippen LogP contribution is -2.55. The Morgan fingerprint density at radius 1 is 0.481 bits per heavy atom. The van der Waals surface area contributed by atoms with Crippen molar-refractivity contribution in [2.45, 2.75) is 37.5 Å². The third-order valence-electron chi connectivity index (χ3n) is 12.9. The van der Waals surface area contributed by atoms with E-state index in [0.717, 1.165) is 39.6 Å². The van der Waals surface area contributed by atoms with Crippen LogP contribution in [0.2, 0.25) is 0 Å². The van der Waals surface area contributed by atoms with Gasteiger partial charge in [0.25, 0.3) is 0 Å². The third kappa shape index (κ3) is 4.35. The van der Waals surface area contributed by atoms with Gasteiger partial charge in [-0.25, -0.2) is 19.8 Å². The molecule has 4 bridgehead atoms. The molecule has 1 heterocycles. The van der Waals surface area contributed by atoms with Gasteiger partial charge in [-0.2, -0.15) is 0 Å². The van der Waals surface area contributed by atoms with E-state index in [-0.39, 0.29) is 5.41 Å². The lowest BCUT2D eigenvalue weighted by atomic mass is 9.43. The highest BCUT2D eigenvalue weighted by molar-refractivity contribution is 5.94. The zero-order chi connectivity index (χ0) is 34.4. The monoisotopic (exact) mass is 668 g/mol. The maximum Gasteiger partial charge on any atom is 0.195 e. The molecule has 4 fully saturated rings. The Bertz CT molecular complexity index is 2520. The van der Waals surface area contributed by atoms with E-state index in [4.69, 9.17) is 21.5 Å². The van der Waals surface area contributed by atoms with Crippen molar-refractivity contribution in [3.63, 3.8) is 0 Å². The van der Waals surface area contributed by atoms with Crippen molar-refractivity contribution in [3.8, 4) is 56.4 Å². The van der Waals surface area contributed by atoms with Gasteiger partial charge in [0.05, 0.1) is 6.57 Å². The second-order valence-electron chi connectivity index (χ2n) is 15.6. The molecule has 0 saturated heterocycles. The number of nitrogens with zero attached hydrogens (tertiary/aromatic N) is 4. The predicted octanol–water partition coefficient (Wildman–Crippen LogP) is 12.0. The van der Waals surface area contributed by atoms with Crippen LogP contribution in [0.4, 0.5) is 5.69 Å². The van der Waals surface area contributed by atoms with Crippen LogP contribution in [0, 0.1) is 30.2 Å². The molecule has 4 nitrogen and oxygen atoms in total. The maximum atomic E-state index is 8.11. The van der Waals surface area contributed by atoms with Crippen LogP contribution in [0.3, 0.4) is 0 Å². The molecule has 248 valence electrons. The number of hydrogen-bond acceptors (Lipinski definition) is 3. The van der Waals surface area contributed by atoms with Gasteiger partial charge in [0.1, 0.15) is 0 Å². The fraction of sp³-hybridized carbons (Fsp3) is 0.208. The molecule has 4 saturated carbocycles. The Morgan fingerprint density at radius 3 is 1.67 bits per heavy atom. The van der Waals surface area contributed by atoms with Crippen molar-refractivity contribution in [3.05, 3.63) is 156 Å². The highest BCUT2D eigenvalue weighted by atomic mass is 15.0. The molecule has 7 aromatic rings. The molecule has 0 atom stereocenters. The van der Waals surface area contributed by atoms with Gasteiger partial charge in [0.2, 0.25) is 0 Å². The second kappa shape index (κ2) is 11.3. The summed E-state index contributed by atoms with van der Waals surface area (Å²) in [7, 11) is 0. The molecule has 1 spiro atoms. The minimum absolute atomic E-state index is 0.0183. The van der Waals surface area contributed by atoms with Crippen molar-refractivity contribution >= 4 is 16.5 Å². The van der Waals surface area contributed by atoms with Crippen LogP contribution in [0.5, 0.6) is 0 Å². The number of aromatic nitrogens is 3. The molecule has 52 heavy (non-hydrogen) atoms. The van der Waals surface area contributed by atoms with Crippen LogP contribution in [0.15, 0.2) is 133 Å². The Labute approximate surface area is 304 Å². The van der Waals surface area contributed by atoms with Crippen molar-refractivity contribution in [2.75, 3.05) is 0 Å². The van der Waals surface area contributed by atoms with Crippen molar-refractivity contribution < 1.29 is 0 Å². The predicted molar refractivity (Wildman–Crippen MR) is 209 cm³/mol.